The lowest BCUT2D eigenvalue weighted by molar-refractivity contribution is 0.195. The van der Waals surface area contributed by atoms with Gasteiger partial charge in [0.1, 0.15) is 17.3 Å². The lowest BCUT2D eigenvalue weighted by Crippen LogP contribution is -2.04. The Morgan fingerprint density at radius 3 is 2.33 bits per heavy atom. The summed E-state index contributed by atoms with van der Waals surface area (Å²) in [7, 11) is 0. The number of hydrogen-bond acceptors (Lipinski definition) is 2. The Morgan fingerprint density at radius 2 is 1.81 bits per heavy atom. The Kier molecular flexibility index (Phi) is 5.01. The lowest BCUT2D eigenvalue weighted by atomic mass is 10.1. The highest BCUT2D eigenvalue weighted by Gasteiger charge is 2.11. The van der Waals surface area contributed by atoms with Crippen LogP contribution in [0.15, 0.2) is 34.8 Å². The topological polar surface area (TPSA) is 29.5 Å². The Morgan fingerprint density at radius 1 is 1.19 bits per heavy atom. The summed E-state index contributed by atoms with van der Waals surface area (Å²) in [4.78, 5) is 0. The molecule has 0 aliphatic rings. The highest BCUT2D eigenvalue weighted by Crippen LogP contribution is 2.34. The van der Waals surface area contributed by atoms with E-state index in [1.54, 1.807) is 6.92 Å². The number of ether oxygens (including phenoxy) is 1. The minimum Gasteiger partial charge on any atom is -0.456 e. The second-order valence-electron chi connectivity index (χ2n) is 5.29. The molecule has 2 rings (SSSR count). The van der Waals surface area contributed by atoms with E-state index in [0.29, 0.717) is 17.9 Å². The van der Waals surface area contributed by atoms with Gasteiger partial charge in [-0.2, -0.15) is 0 Å². The van der Waals surface area contributed by atoms with Crippen molar-refractivity contribution in [2.24, 2.45) is 0 Å². The molecule has 0 aliphatic carbocycles. The van der Waals surface area contributed by atoms with Gasteiger partial charge in [-0.25, -0.2) is 4.39 Å². The summed E-state index contributed by atoms with van der Waals surface area (Å²) in [5.74, 6) is 1.08. The van der Waals surface area contributed by atoms with Crippen molar-refractivity contribution < 1.29 is 14.2 Å². The van der Waals surface area contributed by atoms with E-state index in [-0.39, 0.29) is 11.9 Å². The lowest BCUT2D eigenvalue weighted by Gasteiger charge is -2.14. The van der Waals surface area contributed by atoms with Crippen LogP contribution in [0.5, 0.6) is 11.5 Å². The van der Waals surface area contributed by atoms with E-state index in [1.165, 1.54) is 12.1 Å². The Bertz CT molecular complexity index is 630. The molecule has 0 bridgehead atoms. The summed E-state index contributed by atoms with van der Waals surface area (Å²) >= 11 is 3.48. The summed E-state index contributed by atoms with van der Waals surface area (Å²) in [6.07, 6.45) is 0.207. The standard InChI is InChI=1S/C17H18BrFO2/c1-10-6-14(19)7-11(2)17(10)21-16-5-4-13(8-12(3)20)9-15(16)18/h4-7,9,12,20H,8H2,1-3H3. The SMILES string of the molecule is Cc1cc(F)cc(C)c1Oc1ccc(CC(C)O)cc1Br. The van der Waals surface area contributed by atoms with Crippen LogP contribution in [0.2, 0.25) is 0 Å². The van der Waals surface area contributed by atoms with Gasteiger partial charge in [-0.3, -0.25) is 0 Å². The fourth-order valence-corrected chi connectivity index (χ4v) is 2.77. The van der Waals surface area contributed by atoms with Crippen LogP contribution < -0.4 is 4.74 Å². The molecule has 1 unspecified atom stereocenters. The molecular formula is C17H18BrFO2. The number of benzene rings is 2. The van der Waals surface area contributed by atoms with Crippen LogP contribution in [0, 0.1) is 19.7 Å². The fraction of sp³-hybridized carbons (Fsp3) is 0.294. The van der Waals surface area contributed by atoms with E-state index in [1.807, 2.05) is 32.0 Å². The van der Waals surface area contributed by atoms with E-state index in [0.717, 1.165) is 21.2 Å². The number of rotatable bonds is 4. The zero-order valence-electron chi connectivity index (χ0n) is 12.3. The first-order chi connectivity index (χ1) is 9.86. The van der Waals surface area contributed by atoms with Gasteiger partial charge in [0, 0.05) is 0 Å². The molecule has 0 amide bonds. The average Bonchev–Trinajstić information content (AvgIpc) is 2.35. The van der Waals surface area contributed by atoms with Crippen molar-refractivity contribution in [1.29, 1.82) is 0 Å². The van der Waals surface area contributed by atoms with Gasteiger partial charge < -0.3 is 9.84 Å². The molecule has 1 atom stereocenters. The van der Waals surface area contributed by atoms with Gasteiger partial charge in [-0.1, -0.05) is 6.07 Å². The first kappa shape index (κ1) is 16.0. The van der Waals surface area contributed by atoms with Gasteiger partial charge in [0.25, 0.3) is 0 Å². The number of halogens is 2. The summed E-state index contributed by atoms with van der Waals surface area (Å²) < 4.78 is 20.0. The highest BCUT2D eigenvalue weighted by atomic mass is 79.9. The maximum atomic E-state index is 13.3. The van der Waals surface area contributed by atoms with Gasteiger partial charge in [0.15, 0.2) is 0 Å². The molecule has 0 spiro atoms. The monoisotopic (exact) mass is 352 g/mol. The molecule has 4 heteroatoms. The maximum Gasteiger partial charge on any atom is 0.141 e. The van der Waals surface area contributed by atoms with Crippen LogP contribution in [0.3, 0.4) is 0 Å². The van der Waals surface area contributed by atoms with Crippen molar-refractivity contribution >= 4 is 15.9 Å². The molecule has 0 aliphatic heterocycles. The van der Waals surface area contributed by atoms with Gasteiger partial charge in [0.05, 0.1) is 10.6 Å². The molecule has 0 fully saturated rings. The third-order valence-corrected chi connectivity index (χ3v) is 3.78. The molecule has 2 aromatic carbocycles. The second-order valence-corrected chi connectivity index (χ2v) is 6.14. The molecule has 2 aromatic rings. The van der Waals surface area contributed by atoms with E-state index in [4.69, 9.17) is 4.74 Å². The number of aryl methyl sites for hydroxylation is 2. The van der Waals surface area contributed by atoms with Crippen LogP contribution >= 0.6 is 15.9 Å². The average molecular weight is 353 g/mol. The fourth-order valence-electron chi connectivity index (χ4n) is 2.26. The Balaban J connectivity index is 2.28. The van der Waals surface area contributed by atoms with E-state index in [2.05, 4.69) is 15.9 Å². The van der Waals surface area contributed by atoms with Crippen molar-refractivity contribution in [3.8, 4) is 11.5 Å². The summed E-state index contributed by atoms with van der Waals surface area (Å²) in [6, 6.07) is 8.61. The van der Waals surface area contributed by atoms with Crippen LogP contribution in [0.1, 0.15) is 23.6 Å². The highest BCUT2D eigenvalue weighted by molar-refractivity contribution is 9.10. The van der Waals surface area contributed by atoms with E-state index >= 15 is 0 Å². The number of hydrogen-bond donors (Lipinski definition) is 1. The normalized spacial score (nSPS) is 12.3. The third kappa shape index (κ3) is 4.05. The van der Waals surface area contributed by atoms with Gasteiger partial charge in [-0.05, 0) is 84.1 Å². The predicted molar refractivity (Wildman–Crippen MR) is 85.5 cm³/mol. The largest absolute Gasteiger partial charge is 0.456 e. The Hall–Kier alpha value is -1.39. The zero-order valence-corrected chi connectivity index (χ0v) is 13.9. The van der Waals surface area contributed by atoms with Crippen LogP contribution in [-0.4, -0.2) is 11.2 Å². The molecule has 0 radical (unpaired) electrons. The minimum absolute atomic E-state index is 0.260. The van der Waals surface area contributed by atoms with Crippen LogP contribution in [0.25, 0.3) is 0 Å². The van der Waals surface area contributed by atoms with Crippen molar-refractivity contribution in [1.82, 2.24) is 0 Å². The predicted octanol–water partition coefficient (Wildman–Crippen LogP) is 4.92. The second kappa shape index (κ2) is 6.58. The first-order valence-electron chi connectivity index (χ1n) is 6.78. The zero-order chi connectivity index (χ0) is 15.6. The number of aliphatic hydroxyl groups is 1. The molecule has 0 heterocycles. The molecule has 2 nitrogen and oxygen atoms in total. The van der Waals surface area contributed by atoms with Crippen molar-refractivity contribution in [2.45, 2.75) is 33.3 Å². The summed E-state index contributed by atoms with van der Waals surface area (Å²) in [5, 5.41) is 9.42. The smallest absolute Gasteiger partial charge is 0.141 e. The summed E-state index contributed by atoms with van der Waals surface area (Å²) in [6.45, 7) is 5.39. The molecule has 112 valence electrons. The molecule has 0 saturated carbocycles. The van der Waals surface area contributed by atoms with Crippen molar-refractivity contribution in [3.05, 3.63) is 57.3 Å². The Labute approximate surface area is 132 Å². The van der Waals surface area contributed by atoms with Gasteiger partial charge in [-0.15, -0.1) is 0 Å². The molecular weight excluding hydrogens is 335 g/mol. The van der Waals surface area contributed by atoms with E-state index < -0.39 is 0 Å². The summed E-state index contributed by atoms with van der Waals surface area (Å²) in [5.41, 5.74) is 2.54. The quantitative estimate of drug-likeness (QED) is 0.845. The number of aliphatic hydroxyl groups excluding tert-OH is 1. The van der Waals surface area contributed by atoms with Gasteiger partial charge in [0.2, 0.25) is 0 Å². The van der Waals surface area contributed by atoms with Crippen molar-refractivity contribution in [3.63, 3.8) is 0 Å². The van der Waals surface area contributed by atoms with Crippen LogP contribution in [0.4, 0.5) is 4.39 Å². The third-order valence-electron chi connectivity index (χ3n) is 3.16. The molecule has 1 N–H and O–H groups in total. The molecule has 0 saturated heterocycles. The van der Waals surface area contributed by atoms with E-state index in [9.17, 15) is 9.50 Å². The first-order valence-corrected chi connectivity index (χ1v) is 7.57. The van der Waals surface area contributed by atoms with Crippen molar-refractivity contribution in [2.75, 3.05) is 0 Å². The maximum absolute atomic E-state index is 13.3. The van der Waals surface area contributed by atoms with Gasteiger partial charge >= 0.3 is 0 Å². The molecule has 21 heavy (non-hydrogen) atoms. The minimum atomic E-state index is -0.384. The van der Waals surface area contributed by atoms with Crippen LogP contribution in [-0.2, 0) is 6.42 Å². The molecule has 0 aromatic heterocycles.